The molecule has 0 saturated carbocycles. The van der Waals surface area contributed by atoms with Gasteiger partial charge in [0.05, 0.1) is 0 Å². The van der Waals surface area contributed by atoms with E-state index in [9.17, 15) is 8.78 Å². The van der Waals surface area contributed by atoms with Crippen molar-refractivity contribution in [1.29, 1.82) is 0 Å². The van der Waals surface area contributed by atoms with Crippen molar-refractivity contribution in [2.24, 2.45) is 11.8 Å². The highest BCUT2D eigenvalue weighted by Crippen LogP contribution is 2.26. The highest BCUT2D eigenvalue weighted by Gasteiger charge is 2.22. The van der Waals surface area contributed by atoms with Gasteiger partial charge in [0.1, 0.15) is 12.3 Å². The minimum atomic E-state index is -0.817. The lowest BCUT2D eigenvalue weighted by atomic mass is 9.88. The van der Waals surface area contributed by atoms with Gasteiger partial charge in [0.25, 0.3) is 0 Å². The zero-order chi connectivity index (χ0) is 12.0. The van der Waals surface area contributed by atoms with E-state index in [2.05, 4.69) is 0 Å². The molecule has 0 aliphatic heterocycles. The van der Waals surface area contributed by atoms with Gasteiger partial charge in [0.15, 0.2) is 0 Å². The van der Waals surface area contributed by atoms with Gasteiger partial charge in [-0.05, 0) is 12.8 Å². The molecule has 2 atom stereocenters. The van der Waals surface area contributed by atoms with Crippen LogP contribution in [0.25, 0.3) is 0 Å². The molecular weight excluding hydrogens is 206 g/mol. The second-order valence-electron chi connectivity index (χ2n) is 4.53. The van der Waals surface area contributed by atoms with Crippen molar-refractivity contribution >= 4 is 0 Å². The summed E-state index contributed by atoms with van der Waals surface area (Å²) in [5.74, 6) is -0.296. The molecule has 0 bridgehead atoms. The smallest absolute Gasteiger partial charge is 0.110 e. The number of halogens is 2. The predicted octanol–water partition coefficient (Wildman–Crippen LogP) is 4.62. The van der Waals surface area contributed by atoms with Crippen LogP contribution in [0.5, 0.6) is 0 Å². The zero-order valence-electron chi connectivity index (χ0n) is 10.2. The van der Waals surface area contributed by atoms with Crippen molar-refractivity contribution in [3.63, 3.8) is 0 Å². The molecule has 16 heavy (non-hydrogen) atoms. The van der Waals surface area contributed by atoms with E-state index in [0.717, 1.165) is 12.8 Å². The Morgan fingerprint density at radius 1 is 0.812 bits per heavy atom. The average molecular weight is 228 g/mol. The van der Waals surface area contributed by atoms with Crippen LogP contribution in [-0.4, -0.2) is 12.3 Å². The van der Waals surface area contributed by atoms with E-state index in [4.69, 9.17) is 0 Å². The Balaban J connectivity index is 2.45. The Bertz CT molecular complexity index is 207. The van der Waals surface area contributed by atoms with Crippen LogP contribution in [0.2, 0.25) is 0 Å². The van der Waals surface area contributed by atoms with Gasteiger partial charge in [-0.2, -0.15) is 0 Å². The van der Waals surface area contributed by atoms with Crippen LogP contribution >= 0.6 is 0 Å². The van der Waals surface area contributed by atoms with Gasteiger partial charge in [-0.3, -0.25) is 0 Å². The lowest BCUT2D eigenvalue weighted by Crippen LogP contribution is -2.18. The number of hydrogen-bond acceptors (Lipinski definition) is 0. The number of allylic oxidation sites excluding steroid dienone is 4. The van der Waals surface area contributed by atoms with Crippen molar-refractivity contribution in [3.05, 3.63) is 24.3 Å². The highest BCUT2D eigenvalue weighted by atomic mass is 19.1. The summed E-state index contributed by atoms with van der Waals surface area (Å²) in [4.78, 5) is 0. The monoisotopic (exact) mass is 228 g/mol. The Morgan fingerprint density at radius 2 is 1.12 bits per heavy atom. The van der Waals surface area contributed by atoms with Crippen LogP contribution in [-0.2, 0) is 0 Å². The molecule has 1 aliphatic carbocycles. The van der Waals surface area contributed by atoms with Gasteiger partial charge in [0.2, 0.25) is 0 Å². The maximum Gasteiger partial charge on any atom is 0.110 e. The van der Waals surface area contributed by atoms with Gasteiger partial charge < -0.3 is 0 Å². The van der Waals surface area contributed by atoms with Crippen molar-refractivity contribution < 1.29 is 8.78 Å². The molecule has 0 fully saturated rings. The molecule has 0 saturated heterocycles. The summed E-state index contributed by atoms with van der Waals surface area (Å²) in [7, 11) is 0. The second-order valence-corrected chi connectivity index (χ2v) is 4.53. The number of rotatable bonds is 6. The predicted molar refractivity (Wildman–Crippen MR) is 64.9 cm³/mol. The molecule has 0 radical (unpaired) electrons. The molecule has 0 aromatic carbocycles. The average Bonchev–Trinajstić information content (AvgIpc) is 2.30. The van der Waals surface area contributed by atoms with E-state index in [-0.39, 0.29) is 11.8 Å². The molecule has 2 unspecified atom stereocenters. The van der Waals surface area contributed by atoms with Crippen molar-refractivity contribution in [1.82, 2.24) is 0 Å². The number of alkyl halides is 2. The highest BCUT2D eigenvalue weighted by molar-refractivity contribution is 5.16. The van der Waals surface area contributed by atoms with Crippen LogP contribution < -0.4 is 0 Å². The summed E-state index contributed by atoms with van der Waals surface area (Å²) in [5, 5.41) is 0. The summed E-state index contributed by atoms with van der Waals surface area (Å²) < 4.78 is 27.1. The Hall–Kier alpha value is -0.660. The fourth-order valence-electron chi connectivity index (χ4n) is 2.06. The summed E-state index contributed by atoms with van der Waals surface area (Å²) in [5.41, 5.74) is 0. The van der Waals surface area contributed by atoms with E-state index in [1.807, 2.05) is 38.2 Å². The van der Waals surface area contributed by atoms with E-state index in [1.54, 1.807) is 0 Å². The number of hydrogen-bond donors (Lipinski definition) is 0. The molecule has 0 heterocycles. The lowest BCUT2D eigenvalue weighted by Gasteiger charge is -2.21. The quantitative estimate of drug-likeness (QED) is 0.582. The second kappa shape index (κ2) is 6.82. The molecule has 1 rings (SSSR count). The largest absolute Gasteiger partial charge is 0.246 e. The standard InChI is InChI=1S/C14H22F2/c1-3-5-13(15)11-7-9-12(10-8-11)14(16)6-4-2/h7-14H,3-6H2,1-2H3. The molecule has 92 valence electrons. The summed E-state index contributed by atoms with van der Waals surface area (Å²) in [6.07, 6.45) is 8.54. The third-order valence-corrected chi connectivity index (χ3v) is 3.08. The van der Waals surface area contributed by atoms with Crippen LogP contribution in [0.4, 0.5) is 8.78 Å². The summed E-state index contributed by atoms with van der Waals surface area (Å²) in [6, 6.07) is 0. The fourth-order valence-corrected chi connectivity index (χ4v) is 2.06. The van der Waals surface area contributed by atoms with E-state index in [0.29, 0.717) is 12.8 Å². The molecule has 2 heteroatoms. The van der Waals surface area contributed by atoms with Crippen LogP contribution in [0.3, 0.4) is 0 Å². The van der Waals surface area contributed by atoms with Gasteiger partial charge in [0, 0.05) is 11.8 Å². The fraction of sp³-hybridized carbons (Fsp3) is 0.714. The molecule has 0 amide bonds. The maximum atomic E-state index is 13.6. The van der Waals surface area contributed by atoms with Gasteiger partial charge in [-0.1, -0.05) is 51.0 Å². The first-order valence-corrected chi connectivity index (χ1v) is 6.33. The third kappa shape index (κ3) is 3.73. The molecule has 0 aromatic heterocycles. The first-order chi connectivity index (χ1) is 7.69. The summed E-state index contributed by atoms with van der Waals surface area (Å²) in [6.45, 7) is 3.95. The molecule has 0 spiro atoms. The van der Waals surface area contributed by atoms with Crippen LogP contribution in [0.15, 0.2) is 24.3 Å². The lowest BCUT2D eigenvalue weighted by molar-refractivity contribution is 0.255. The SMILES string of the molecule is CCCC(F)C1C=CC(C(F)CCC)C=C1. The maximum absolute atomic E-state index is 13.6. The van der Waals surface area contributed by atoms with E-state index in [1.165, 1.54) is 0 Å². The first-order valence-electron chi connectivity index (χ1n) is 6.33. The van der Waals surface area contributed by atoms with Crippen molar-refractivity contribution in [2.45, 2.75) is 51.9 Å². The van der Waals surface area contributed by atoms with E-state index >= 15 is 0 Å². The summed E-state index contributed by atoms with van der Waals surface area (Å²) >= 11 is 0. The van der Waals surface area contributed by atoms with Crippen molar-refractivity contribution in [3.8, 4) is 0 Å². The van der Waals surface area contributed by atoms with Crippen molar-refractivity contribution in [2.75, 3.05) is 0 Å². The van der Waals surface area contributed by atoms with Crippen LogP contribution in [0.1, 0.15) is 39.5 Å². The third-order valence-electron chi connectivity index (χ3n) is 3.08. The Kier molecular flexibility index (Phi) is 5.72. The molecular formula is C14H22F2. The van der Waals surface area contributed by atoms with Gasteiger partial charge in [-0.25, -0.2) is 8.78 Å². The Labute approximate surface area is 97.4 Å². The topological polar surface area (TPSA) is 0 Å². The van der Waals surface area contributed by atoms with Crippen LogP contribution in [0, 0.1) is 11.8 Å². The molecule has 0 N–H and O–H groups in total. The minimum absolute atomic E-state index is 0.148. The molecule has 0 aromatic rings. The van der Waals surface area contributed by atoms with Gasteiger partial charge >= 0.3 is 0 Å². The molecule has 0 nitrogen and oxygen atoms in total. The normalized spacial score (nSPS) is 28.0. The van der Waals surface area contributed by atoms with Gasteiger partial charge in [-0.15, -0.1) is 0 Å². The first kappa shape index (κ1) is 13.4. The molecule has 1 aliphatic rings. The van der Waals surface area contributed by atoms with E-state index < -0.39 is 12.3 Å². The minimum Gasteiger partial charge on any atom is -0.246 e. The Morgan fingerprint density at radius 3 is 1.38 bits per heavy atom. The zero-order valence-corrected chi connectivity index (χ0v) is 10.2.